The fourth-order valence-electron chi connectivity index (χ4n) is 5.38. The second kappa shape index (κ2) is 9.79. The zero-order valence-electron chi connectivity index (χ0n) is 20.5. The first-order valence-electron chi connectivity index (χ1n) is 11.8. The maximum absolute atomic E-state index is 13.3. The molecular weight excluding hydrogens is 404 g/mol. The van der Waals surface area contributed by atoms with E-state index < -0.39 is 6.04 Å². The molecular formula is C25H40N4O3. The Morgan fingerprint density at radius 1 is 1.19 bits per heavy atom. The van der Waals surface area contributed by atoms with Gasteiger partial charge in [-0.25, -0.2) is 0 Å². The molecule has 2 saturated heterocycles. The van der Waals surface area contributed by atoms with Crippen molar-refractivity contribution in [3.05, 3.63) is 29.8 Å². The maximum Gasteiger partial charge on any atom is 0.237 e. The van der Waals surface area contributed by atoms with Crippen LogP contribution in [-0.4, -0.2) is 71.5 Å². The van der Waals surface area contributed by atoms with Crippen molar-refractivity contribution in [2.45, 2.75) is 83.6 Å². The van der Waals surface area contributed by atoms with E-state index in [0.717, 1.165) is 24.2 Å². The smallest absolute Gasteiger partial charge is 0.237 e. The molecule has 0 radical (unpaired) electrons. The van der Waals surface area contributed by atoms with Gasteiger partial charge in [0, 0.05) is 49.4 Å². The summed E-state index contributed by atoms with van der Waals surface area (Å²) in [5, 5.41) is 6.62. The molecule has 2 N–H and O–H groups in total. The van der Waals surface area contributed by atoms with Crippen molar-refractivity contribution in [2.75, 3.05) is 26.7 Å². The zero-order chi connectivity index (χ0) is 23.5. The summed E-state index contributed by atoms with van der Waals surface area (Å²) < 4.78 is 5.77. The molecule has 2 fully saturated rings. The fourth-order valence-corrected chi connectivity index (χ4v) is 5.38. The number of para-hydroxylation sites is 1. The fraction of sp³-hybridized carbons (Fsp3) is 0.680. The molecule has 2 aliphatic rings. The van der Waals surface area contributed by atoms with Gasteiger partial charge in [0.2, 0.25) is 11.8 Å². The zero-order valence-corrected chi connectivity index (χ0v) is 20.5. The summed E-state index contributed by atoms with van der Waals surface area (Å²) in [7, 11) is 1.89. The molecule has 0 bridgehead atoms. The summed E-state index contributed by atoms with van der Waals surface area (Å²) in [6, 6.07) is 7.59. The molecule has 1 aromatic rings. The molecule has 2 amide bonds. The molecule has 0 unspecified atom stereocenters. The van der Waals surface area contributed by atoms with Crippen LogP contribution in [-0.2, 0) is 16.1 Å². The summed E-state index contributed by atoms with van der Waals surface area (Å²) in [4.78, 5) is 30.1. The molecule has 178 valence electrons. The molecule has 1 aromatic carbocycles. The lowest BCUT2D eigenvalue weighted by Crippen LogP contribution is -2.63. The van der Waals surface area contributed by atoms with Crippen LogP contribution in [0.5, 0.6) is 5.75 Å². The largest absolute Gasteiger partial charge is 0.494 e. The lowest BCUT2D eigenvalue weighted by atomic mass is 9.79. The minimum absolute atomic E-state index is 0.0219. The van der Waals surface area contributed by atoms with Crippen molar-refractivity contribution in [3.63, 3.8) is 0 Å². The number of hydrogen-bond acceptors (Lipinski definition) is 5. The first-order chi connectivity index (χ1) is 15.0. The second-order valence-corrected chi connectivity index (χ2v) is 10.5. The number of rotatable bonds is 7. The van der Waals surface area contributed by atoms with Gasteiger partial charge < -0.3 is 20.3 Å². The summed E-state index contributed by atoms with van der Waals surface area (Å²) in [6.45, 7) is 13.2. The van der Waals surface area contributed by atoms with Crippen molar-refractivity contribution < 1.29 is 14.3 Å². The van der Waals surface area contributed by atoms with E-state index in [-0.39, 0.29) is 35.4 Å². The third kappa shape index (κ3) is 6.01. The van der Waals surface area contributed by atoms with E-state index in [1.165, 1.54) is 0 Å². The molecule has 3 rings (SSSR count). The lowest BCUT2D eigenvalue weighted by molar-refractivity contribution is -0.140. The Kier molecular flexibility index (Phi) is 7.50. The number of nitrogens with one attached hydrogen (secondary N) is 2. The van der Waals surface area contributed by atoms with E-state index in [2.05, 4.69) is 43.2 Å². The molecule has 7 nitrogen and oxygen atoms in total. The molecule has 0 saturated carbocycles. The van der Waals surface area contributed by atoms with Crippen LogP contribution in [0.3, 0.4) is 0 Å². The number of amides is 2. The van der Waals surface area contributed by atoms with Crippen LogP contribution in [0.2, 0.25) is 0 Å². The molecule has 2 aliphatic heterocycles. The number of hydrogen-bond donors (Lipinski definition) is 2. The average Bonchev–Trinajstić information content (AvgIpc) is 2.69. The van der Waals surface area contributed by atoms with Crippen LogP contribution in [0, 0.1) is 0 Å². The molecule has 32 heavy (non-hydrogen) atoms. The summed E-state index contributed by atoms with van der Waals surface area (Å²) >= 11 is 0. The average molecular weight is 445 g/mol. The van der Waals surface area contributed by atoms with Gasteiger partial charge >= 0.3 is 0 Å². The van der Waals surface area contributed by atoms with Gasteiger partial charge in [-0.15, -0.1) is 0 Å². The quantitative estimate of drug-likeness (QED) is 0.676. The Morgan fingerprint density at radius 3 is 2.50 bits per heavy atom. The van der Waals surface area contributed by atoms with Gasteiger partial charge in [-0.2, -0.15) is 0 Å². The Labute approximate surface area is 192 Å². The number of nitrogens with zero attached hydrogens (tertiary/aromatic N) is 2. The van der Waals surface area contributed by atoms with Gasteiger partial charge in [0.25, 0.3) is 0 Å². The predicted molar refractivity (Wildman–Crippen MR) is 127 cm³/mol. The highest BCUT2D eigenvalue weighted by Gasteiger charge is 2.41. The first-order valence-corrected chi connectivity index (χ1v) is 11.8. The predicted octanol–water partition coefficient (Wildman–Crippen LogP) is 2.54. The highest BCUT2D eigenvalue weighted by atomic mass is 16.5. The minimum atomic E-state index is -0.476. The maximum atomic E-state index is 13.3. The van der Waals surface area contributed by atoms with Gasteiger partial charge in [0.1, 0.15) is 5.75 Å². The summed E-state index contributed by atoms with van der Waals surface area (Å²) in [5.41, 5.74) is 0.952. The van der Waals surface area contributed by atoms with Crippen LogP contribution < -0.4 is 15.4 Å². The van der Waals surface area contributed by atoms with E-state index in [4.69, 9.17) is 4.74 Å². The van der Waals surface area contributed by atoms with Crippen molar-refractivity contribution in [3.8, 4) is 5.75 Å². The van der Waals surface area contributed by atoms with Crippen LogP contribution in [0.25, 0.3) is 0 Å². The van der Waals surface area contributed by atoms with Crippen LogP contribution in [0.15, 0.2) is 24.3 Å². The summed E-state index contributed by atoms with van der Waals surface area (Å²) in [6.07, 6.45) is 1.96. The Morgan fingerprint density at radius 2 is 1.84 bits per heavy atom. The normalized spacial score (nSPS) is 23.4. The number of piperazine rings is 1. The van der Waals surface area contributed by atoms with Crippen molar-refractivity contribution in [1.29, 1.82) is 0 Å². The Balaban J connectivity index is 1.72. The topological polar surface area (TPSA) is 73.9 Å². The Bertz CT molecular complexity index is 807. The number of carbonyl (C=O) groups is 2. The summed E-state index contributed by atoms with van der Waals surface area (Å²) in [5.74, 6) is 0.786. The lowest BCUT2D eigenvalue weighted by Gasteiger charge is -2.49. The number of benzene rings is 1. The van der Waals surface area contributed by atoms with E-state index in [9.17, 15) is 9.59 Å². The van der Waals surface area contributed by atoms with Gasteiger partial charge in [-0.1, -0.05) is 18.2 Å². The number of carbonyl (C=O) groups excluding carboxylic acids is 2. The van der Waals surface area contributed by atoms with Crippen molar-refractivity contribution in [2.24, 2.45) is 0 Å². The SMILES string of the molecule is CCOc1ccccc1CN1CCNC(=O)[C@H]1CC(=O)N(C)C1CC(C)(C)NC(C)(C)C1. The number of piperidine rings is 1. The molecule has 0 aromatic heterocycles. The highest BCUT2D eigenvalue weighted by molar-refractivity contribution is 5.89. The van der Waals surface area contributed by atoms with Gasteiger partial charge in [-0.3, -0.25) is 14.5 Å². The van der Waals surface area contributed by atoms with E-state index in [1.807, 2.05) is 43.1 Å². The van der Waals surface area contributed by atoms with E-state index >= 15 is 0 Å². The van der Waals surface area contributed by atoms with E-state index in [0.29, 0.717) is 26.2 Å². The molecule has 0 spiro atoms. The molecule has 7 heteroatoms. The Hall–Kier alpha value is -2.12. The third-order valence-corrected chi connectivity index (χ3v) is 6.57. The van der Waals surface area contributed by atoms with Crippen molar-refractivity contribution >= 4 is 11.8 Å². The first kappa shape index (κ1) is 24.5. The standard InChI is InChI=1S/C25H40N4O3/c1-7-32-21-11-9-8-10-18(21)17-29-13-12-26-23(31)20(29)14-22(30)28(6)19-15-24(2,3)27-25(4,5)16-19/h8-11,19-20,27H,7,12-17H2,1-6H3,(H,26,31)/t20-/m1/s1. The van der Waals surface area contributed by atoms with Crippen LogP contribution in [0.4, 0.5) is 0 Å². The van der Waals surface area contributed by atoms with Gasteiger partial charge in [0.15, 0.2) is 0 Å². The van der Waals surface area contributed by atoms with Crippen molar-refractivity contribution in [1.82, 2.24) is 20.4 Å². The van der Waals surface area contributed by atoms with E-state index in [1.54, 1.807) is 0 Å². The molecule has 0 aliphatic carbocycles. The second-order valence-electron chi connectivity index (χ2n) is 10.5. The van der Waals surface area contributed by atoms with Crippen LogP contribution in [0.1, 0.15) is 59.4 Å². The molecule has 2 heterocycles. The molecule has 1 atom stereocenters. The number of ether oxygens (including phenoxy) is 1. The monoisotopic (exact) mass is 444 g/mol. The van der Waals surface area contributed by atoms with Crippen LogP contribution >= 0.6 is 0 Å². The van der Waals surface area contributed by atoms with Gasteiger partial charge in [0.05, 0.1) is 19.1 Å². The van der Waals surface area contributed by atoms with Gasteiger partial charge in [-0.05, 0) is 53.5 Å². The highest BCUT2D eigenvalue weighted by Crippen LogP contribution is 2.31. The third-order valence-electron chi connectivity index (χ3n) is 6.57. The minimum Gasteiger partial charge on any atom is -0.494 e.